The normalized spacial score (nSPS) is 54.9. The predicted molar refractivity (Wildman–Crippen MR) is 78.0 cm³/mol. The van der Waals surface area contributed by atoms with Gasteiger partial charge >= 0.3 is 0 Å². The zero-order chi connectivity index (χ0) is 17.6. The second-order valence-electron chi connectivity index (χ2n) is 6.73. The van der Waals surface area contributed by atoms with Crippen LogP contribution in [0.15, 0.2) is 0 Å². The molecule has 0 aliphatic carbocycles. The van der Waals surface area contributed by atoms with Crippen LogP contribution in [0.5, 0.6) is 0 Å². The molecule has 0 radical (unpaired) electrons. The van der Waals surface area contributed by atoms with Gasteiger partial charge in [-0.3, -0.25) is 0 Å². The molecule has 0 spiro atoms. The van der Waals surface area contributed by atoms with E-state index in [2.05, 4.69) is 0 Å². The molecule has 24 heavy (non-hydrogen) atoms. The molecule has 3 rings (SSSR count). The van der Waals surface area contributed by atoms with Crippen LogP contribution in [-0.4, -0.2) is 105 Å². The van der Waals surface area contributed by atoms with Crippen LogP contribution in [0.2, 0.25) is 0 Å². The first-order valence-electron chi connectivity index (χ1n) is 8.34. The van der Waals surface area contributed by atoms with Crippen molar-refractivity contribution in [1.29, 1.82) is 0 Å². The molecular weight excluding hydrogens is 324 g/mol. The van der Waals surface area contributed by atoms with Gasteiger partial charge in [0.15, 0.2) is 0 Å². The Morgan fingerprint density at radius 1 is 0.625 bits per heavy atom. The van der Waals surface area contributed by atoms with E-state index in [-0.39, 0.29) is 6.61 Å². The second-order valence-corrected chi connectivity index (χ2v) is 6.73. The van der Waals surface area contributed by atoms with Gasteiger partial charge in [0, 0.05) is 5.92 Å². The van der Waals surface area contributed by atoms with Crippen LogP contribution in [0.25, 0.3) is 0 Å². The smallest absolute Gasteiger partial charge is 0.113 e. The van der Waals surface area contributed by atoms with Crippen LogP contribution < -0.4 is 0 Å². The van der Waals surface area contributed by atoms with Crippen molar-refractivity contribution in [3.63, 3.8) is 0 Å². The lowest BCUT2D eigenvalue weighted by Gasteiger charge is -2.58. The third-order valence-electron chi connectivity index (χ3n) is 5.40. The molecule has 11 atom stereocenters. The van der Waals surface area contributed by atoms with Gasteiger partial charge in [-0.25, -0.2) is 0 Å². The number of hydrogen-bond donors (Lipinski definition) is 6. The summed E-state index contributed by atoms with van der Waals surface area (Å²) >= 11 is 0. The maximum atomic E-state index is 10.3. The Hall–Kier alpha value is -0.360. The molecule has 0 aromatic carbocycles. The summed E-state index contributed by atoms with van der Waals surface area (Å²) in [5.41, 5.74) is 0. The summed E-state index contributed by atoms with van der Waals surface area (Å²) in [5, 5.41) is 59.1. The van der Waals surface area contributed by atoms with Crippen molar-refractivity contribution in [3.05, 3.63) is 0 Å². The van der Waals surface area contributed by atoms with Crippen LogP contribution in [0.3, 0.4) is 0 Å². The highest BCUT2D eigenvalue weighted by atomic mass is 16.6. The molecule has 3 fully saturated rings. The molecule has 9 nitrogen and oxygen atoms in total. The topological polar surface area (TPSA) is 149 Å². The molecule has 0 bridgehead atoms. The fraction of sp³-hybridized carbons (Fsp3) is 1.00. The van der Waals surface area contributed by atoms with Crippen LogP contribution in [0.1, 0.15) is 13.3 Å². The minimum atomic E-state index is -1.49. The number of fused-ring (bicyclic) bond motifs is 1. The zero-order valence-corrected chi connectivity index (χ0v) is 13.4. The lowest BCUT2D eigenvalue weighted by Crippen LogP contribution is -2.74. The van der Waals surface area contributed by atoms with Gasteiger partial charge in [-0.05, 0) is 6.42 Å². The Morgan fingerprint density at radius 3 is 1.88 bits per heavy atom. The number of aliphatic hydroxyl groups is 6. The van der Waals surface area contributed by atoms with E-state index in [1.54, 1.807) is 0 Å². The minimum absolute atomic E-state index is 0.276. The number of aliphatic hydroxyl groups excluding tert-OH is 6. The number of rotatable bonds is 4. The Morgan fingerprint density at radius 2 is 1.29 bits per heavy atom. The Labute approximate surface area is 139 Å². The molecule has 0 saturated carbocycles. The van der Waals surface area contributed by atoms with Gasteiger partial charge in [0.05, 0.1) is 37.6 Å². The highest BCUT2D eigenvalue weighted by molar-refractivity contribution is 5.08. The summed E-state index contributed by atoms with van der Waals surface area (Å²) < 4.78 is 16.9. The molecule has 0 aromatic rings. The molecule has 0 aromatic heterocycles. The van der Waals surface area contributed by atoms with Crippen molar-refractivity contribution in [2.24, 2.45) is 5.92 Å². The Bertz CT molecular complexity index is 431. The van der Waals surface area contributed by atoms with Crippen molar-refractivity contribution in [1.82, 2.24) is 0 Å². The zero-order valence-electron chi connectivity index (χ0n) is 13.4. The summed E-state index contributed by atoms with van der Waals surface area (Å²) in [6.45, 7) is 1.06. The van der Waals surface area contributed by atoms with E-state index in [0.717, 1.165) is 0 Å². The largest absolute Gasteiger partial charge is 0.394 e. The molecule has 0 amide bonds. The Kier molecular flexibility index (Phi) is 5.45. The second kappa shape index (κ2) is 7.10. The SMILES string of the molecule is CCC1OC(CO)C2C(OC2C2OC(CO)C(O)C(O)C2O)C1O. The maximum Gasteiger partial charge on any atom is 0.113 e. The third kappa shape index (κ3) is 2.77. The molecule has 3 heterocycles. The van der Waals surface area contributed by atoms with Crippen molar-refractivity contribution < 1.29 is 44.8 Å². The molecule has 3 aliphatic rings. The standard InChI is InChI=1S/C15H26O9/c1-2-5-10(19)13-8(6(3-16)22-5)14(24-13)15-12(21)11(20)9(18)7(4-17)23-15/h5-21H,2-4H2,1H3. The maximum absolute atomic E-state index is 10.3. The van der Waals surface area contributed by atoms with Crippen molar-refractivity contribution in [2.45, 2.75) is 74.4 Å². The summed E-state index contributed by atoms with van der Waals surface area (Å²) in [7, 11) is 0. The van der Waals surface area contributed by atoms with E-state index in [9.17, 15) is 30.6 Å². The van der Waals surface area contributed by atoms with Crippen molar-refractivity contribution in [2.75, 3.05) is 13.2 Å². The first kappa shape index (κ1) is 18.4. The van der Waals surface area contributed by atoms with E-state index in [1.165, 1.54) is 0 Å². The summed E-state index contributed by atoms with van der Waals surface area (Å²) in [6, 6.07) is 0. The third-order valence-corrected chi connectivity index (χ3v) is 5.40. The van der Waals surface area contributed by atoms with Gasteiger partial charge in [0.25, 0.3) is 0 Å². The summed E-state index contributed by atoms with van der Waals surface area (Å²) in [4.78, 5) is 0. The Balaban J connectivity index is 1.76. The molecular formula is C15H26O9. The van der Waals surface area contributed by atoms with E-state index >= 15 is 0 Å². The molecule has 3 saturated heterocycles. The van der Waals surface area contributed by atoms with Gasteiger partial charge in [-0.1, -0.05) is 6.92 Å². The van der Waals surface area contributed by atoms with Gasteiger partial charge in [0.1, 0.15) is 36.6 Å². The van der Waals surface area contributed by atoms with E-state index in [1.807, 2.05) is 6.92 Å². The molecule has 6 N–H and O–H groups in total. The molecule has 140 valence electrons. The van der Waals surface area contributed by atoms with Gasteiger partial charge in [-0.2, -0.15) is 0 Å². The summed E-state index contributed by atoms with van der Waals surface area (Å²) in [6.07, 6.45) is -9.01. The van der Waals surface area contributed by atoms with Crippen LogP contribution in [-0.2, 0) is 14.2 Å². The highest BCUT2D eigenvalue weighted by Gasteiger charge is 2.61. The van der Waals surface area contributed by atoms with Gasteiger partial charge < -0.3 is 44.8 Å². The average Bonchev–Trinajstić information content (AvgIpc) is 2.56. The average molecular weight is 350 g/mol. The van der Waals surface area contributed by atoms with Gasteiger partial charge in [0.2, 0.25) is 0 Å². The highest BCUT2D eigenvalue weighted by Crippen LogP contribution is 2.45. The van der Waals surface area contributed by atoms with Crippen molar-refractivity contribution in [3.8, 4) is 0 Å². The van der Waals surface area contributed by atoms with E-state index in [0.29, 0.717) is 6.42 Å². The quantitative estimate of drug-likeness (QED) is 0.307. The lowest BCUT2D eigenvalue weighted by molar-refractivity contribution is -0.360. The van der Waals surface area contributed by atoms with Crippen LogP contribution in [0.4, 0.5) is 0 Å². The summed E-state index contributed by atoms with van der Waals surface area (Å²) in [5.74, 6) is -0.422. The fourth-order valence-corrected chi connectivity index (χ4v) is 4.00. The van der Waals surface area contributed by atoms with E-state index in [4.69, 9.17) is 14.2 Å². The monoisotopic (exact) mass is 350 g/mol. The predicted octanol–water partition coefficient (Wildman–Crippen LogP) is -3.26. The van der Waals surface area contributed by atoms with Crippen molar-refractivity contribution >= 4 is 0 Å². The van der Waals surface area contributed by atoms with Gasteiger partial charge in [-0.15, -0.1) is 0 Å². The molecule has 11 unspecified atom stereocenters. The first-order chi connectivity index (χ1) is 11.4. The molecule has 9 heteroatoms. The lowest BCUT2D eigenvalue weighted by atomic mass is 9.73. The minimum Gasteiger partial charge on any atom is -0.394 e. The number of hydrogen-bond acceptors (Lipinski definition) is 9. The first-order valence-corrected chi connectivity index (χ1v) is 8.34. The van der Waals surface area contributed by atoms with Crippen LogP contribution in [0, 0.1) is 5.92 Å². The fourth-order valence-electron chi connectivity index (χ4n) is 4.00. The molecule has 3 aliphatic heterocycles. The van der Waals surface area contributed by atoms with E-state index < -0.39 is 73.6 Å². The number of ether oxygens (including phenoxy) is 3. The van der Waals surface area contributed by atoms with Crippen LogP contribution >= 0.6 is 0 Å².